The van der Waals surface area contributed by atoms with E-state index in [1.165, 1.54) is 11.3 Å². The fraction of sp³-hybridized carbons (Fsp3) is 0.400. The Morgan fingerprint density at radius 2 is 2.07 bits per heavy atom. The number of fused-ring (bicyclic) bond motifs is 1. The van der Waals surface area contributed by atoms with Crippen LogP contribution in [0.4, 0.5) is 4.79 Å². The van der Waals surface area contributed by atoms with Crippen LogP contribution in [-0.4, -0.2) is 30.1 Å². The van der Waals surface area contributed by atoms with E-state index in [4.69, 9.17) is 21.1 Å². The summed E-state index contributed by atoms with van der Waals surface area (Å²) in [6.07, 6.45) is -0.0236. The van der Waals surface area contributed by atoms with E-state index < -0.39 is 11.7 Å². The molecule has 2 heterocycles. The lowest BCUT2D eigenvalue weighted by atomic mass is 10.1. The van der Waals surface area contributed by atoms with Crippen molar-refractivity contribution >= 4 is 34.8 Å². The first kappa shape index (κ1) is 19.7. The highest BCUT2D eigenvalue weighted by Gasteiger charge is 2.27. The molecular formula is C20H22ClNO4S. The molecule has 5 nitrogen and oxygen atoms in total. The predicted octanol–water partition coefficient (Wildman–Crippen LogP) is 5.10. The quantitative estimate of drug-likeness (QED) is 0.716. The van der Waals surface area contributed by atoms with E-state index in [-0.39, 0.29) is 11.9 Å². The minimum absolute atomic E-state index is 0.0510. The monoisotopic (exact) mass is 407 g/mol. The minimum Gasteiger partial charge on any atom is -0.486 e. The van der Waals surface area contributed by atoms with Crippen LogP contribution in [0.2, 0.25) is 5.02 Å². The zero-order chi connectivity index (χ0) is 19.8. The molecule has 0 saturated carbocycles. The van der Waals surface area contributed by atoms with Crippen LogP contribution in [0, 0.1) is 0 Å². The molecule has 0 saturated heterocycles. The molecule has 1 aromatic carbocycles. The van der Waals surface area contributed by atoms with Crippen molar-refractivity contribution < 1.29 is 19.1 Å². The van der Waals surface area contributed by atoms with Crippen molar-refractivity contribution in [2.24, 2.45) is 0 Å². The van der Waals surface area contributed by atoms with Crippen LogP contribution < -0.4 is 10.1 Å². The van der Waals surface area contributed by atoms with Gasteiger partial charge in [-0.2, -0.15) is 0 Å². The second-order valence-corrected chi connectivity index (χ2v) is 8.98. The van der Waals surface area contributed by atoms with Gasteiger partial charge in [0.25, 0.3) is 0 Å². The minimum atomic E-state index is -0.540. The van der Waals surface area contributed by atoms with Gasteiger partial charge < -0.3 is 14.8 Å². The fourth-order valence-corrected chi connectivity index (χ4v) is 4.01. The number of hydrogen-bond acceptors (Lipinski definition) is 5. The smallest absolute Gasteiger partial charge is 0.407 e. The van der Waals surface area contributed by atoms with Gasteiger partial charge in [0.05, 0.1) is 16.4 Å². The summed E-state index contributed by atoms with van der Waals surface area (Å²) in [4.78, 5) is 25.0. The Hall–Kier alpha value is -2.05. The molecule has 0 spiro atoms. The molecule has 0 fully saturated rings. The maximum Gasteiger partial charge on any atom is 0.407 e. The Morgan fingerprint density at radius 3 is 2.70 bits per heavy atom. The summed E-state index contributed by atoms with van der Waals surface area (Å²) in [5.74, 6) is 0.704. The summed E-state index contributed by atoms with van der Waals surface area (Å²) in [5.41, 5.74) is 1.41. The topological polar surface area (TPSA) is 64.6 Å². The maximum atomic E-state index is 11.8. The number of thiophene rings is 1. The molecule has 2 aromatic rings. The molecule has 144 valence electrons. The summed E-state index contributed by atoms with van der Waals surface area (Å²) < 4.78 is 11.1. The molecule has 3 rings (SSSR count). The summed E-state index contributed by atoms with van der Waals surface area (Å²) in [5, 5.41) is 3.26. The van der Waals surface area contributed by atoms with Crippen LogP contribution >= 0.6 is 22.9 Å². The summed E-state index contributed by atoms with van der Waals surface area (Å²) in [6, 6.07) is 7.63. The SMILES string of the molecule is CC(=O)c1ccc(-c2cc(Cl)c3c(c2)CC(CNC(=O)OC(C)(C)C)O3)s1. The number of halogens is 1. The summed E-state index contributed by atoms with van der Waals surface area (Å²) in [7, 11) is 0. The number of hydrogen-bond donors (Lipinski definition) is 1. The van der Waals surface area contributed by atoms with Crippen molar-refractivity contribution in [3.05, 3.63) is 39.7 Å². The molecule has 0 bridgehead atoms. The van der Waals surface area contributed by atoms with Crippen LogP contribution in [-0.2, 0) is 11.2 Å². The zero-order valence-corrected chi connectivity index (χ0v) is 17.3. The van der Waals surface area contributed by atoms with Crippen molar-refractivity contribution in [1.29, 1.82) is 0 Å². The van der Waals surface area contributed by atoms with Crippen LogP contribution in [0.3, 0.4) is 0 Å². The van der Waals surface area contributed by atoms with E-state index in [1.807, 2.05) is 45.0 Å². The summed E-state index contributed by atoms with van der Waals surface area (Å²) >= 11 is 7.86. The highest BCUT2D eigenvalue weighted by Crippen LogP contribution is 2.41. The van der Waals surface area contributed by atoms with Gasteiger partial charge in [0.15, 0.2) is 5.78 Å². The second kappa shape index (κ2) is 7.52. The fourth-order valence-electron chi connectivity index (χ4n) is 2.84. The average Bonchev–Trinajstić information content (AvgIpc) is 3.18. The van der Waals surface area contributed by atoms with E-state index >= 15 is 0 Å². The standard InChI is InChI=1S/C20H22ClNO4S/c1-11(23)16-5-6-17(27-16)12-7-13-8-14(25-18(13)15(21)9-12)10-22-19(24)26-20(2,3)4/h5-7,9,14H,8,10H2,1-4H3,(H,22,24). The van der Waals surface area contributed by atoms with E-state index in [2.05, 4.69) is 5.32 Å². The number of alkyl carbamates (subject to hydrolysis) is 1. The molecule has 1 aliphatic rings. The van der Waals surface area contributed by atoms with E-state index in [0.717, 1.165) is 20.9 Å². The van der Waals surface area contributed by atoms with E-state index in [1.54, 1.807) is 6.92 Å². The molecule has 0 aliphatic carbocycles. The number of benzene rings is 1. The number of Topliss-reactive ketones (excluding diaryl/α,β-unsaturated/α-hetero) is 1. The van der Waals surface area contributed by atoms with Gasteiger partial charge in [0.1, 0.15) is 17.5 Å². The number of ether oxygens (including phenoxy) is 2. The molecule has 1 unspecified atom stereocenters. The van der Waals surface area contributed by atoms with Gasteiger partial charge in [-0.25, -0.2) is 4.79 Å². The van der Waals surface area contributed by atoms with Crippen molar-refractivity contribution in [3.63, 3.8) is 0 Å². The lowest BCUT2D eigenvalue weighted by molar-refractivity contribution is 0.0506. The first-order valence-electron chi connectivity index (χ1n) is 8.69. The highest BCUT2D eigenvalue weighted by molar-refractivity contribution is 7.17. The molecule has 1 atom stereocenters. The Bertz CT molecular complexity index is 885. The van der Waals surface area contributed by atoms with Gasteiger partial charge in [-0.3, -0.25) is 4.79 Å². The van der Waals surface area contributed by atoms with Gasteiger partial charge in [0.2, 0.25) is 0 Å². The third kappa shape index (κ3) is 4.82. The van der Waals surface area contributed by atoms with E-state index in [9.17, 15) is 9.59 Å². The van der Waals surface area contributed by atoms with Crippen molar-refractivity contribution in [3.8, 4) is 16.2 Å². The molecule has 1 N–H and O–H groups in total. The van der Waals surface area contributed by atoms with Crippen molar-refractivity contribution in [1.82, 2.24) is 5.32 Å². The molecular weight excluding hydrogens is 386 g/mol. The van der Waals surface area contributed by atoms with Crippen LogP contribution in [0.15, 0.2) is 24.3 Å². The number of rotatable bonds is 4. The van der Waals surface area contributed by atoms with Crippen LogP contribution in [0.1, 0.15) is 42.9 Å². The lowest BCUT2D eigenvalue weighted by Gasteiger charge is -2.20. The summed E-state index contributed by atoms with van der Waals surface area (Å²) in [6.45, 7) is 7.35. The van der Waals surface area contributed by atoms with Gasteiger partial charge >= 0.3 is 6.09 Å². The van der Waals surface area contributed by atoms with Crippen LogP contribution in [0.25, 0.3) is 10.4 Å². The van der Waals surface area contributed by atoms with Crippen molar-refractivity contribution in [2.75, 3.05) is 6.54 Å². The maximum absolute atomic E-state index is 11.8. The predicted molar refractivity (Wildman–Crippen MR) is 107 cm³/mol. The largest absolute Gasteiger partial charge is 0.486 e. The Kier molecular flexibility index (Phi) is 5.49. The van der Waals surface area contributed by atoms with Gasteiger partial charge in [-0.1, -0.05) is 11.6 Å². The van der Waals surface area contributed by atoms with Gasteiger partial charge in [-0.05, 0) is 57.5 Å². The van der Waals surface area contributed by atoms with Crippen molar-refractivity contribution in [2.45, 2.75) is 45.8 Å². The Morgan fingerprint density at radius 1 is 1.33 bits per heavy atom. The number of nitrogens with one attached hydrogen (secondary N) is 1. The Labute approximate surface area is 167 Å². The number of carbonyl (C=O) groups excluding carboxylic acids is 2. The second-order valence-electron chi connectivity index (χ2n) is 7.49. The van der Waals surface area contributed by atoms with Gasteiger partial charge in [0, 0.05) is 16.9 Å². The Balaban J connectivity index is 1.69. The highest BCUT2D eigenvalue weighted by atomic mass is 35.5. The number of carbonyl (C=O) groups is 2. The third-order valence-corrected chi connectivity index (χ3v) is 5.48. The molecule has 1 amide bonds. The van der Waals surface area contributed by atoms with Gasteiger partial charge in [-0.15, -0.1) is 11.3 Å². The molecule has 1 aliphatic heterocycles. The first-order chi connectivity index (χ1) is 12.6. The molecule has 7 heteroatoms. The molecule has 0 radical (unpaired) electrons. The zero-order valence-electron chi connectivity index (χ0n) is 15.7. The molecule has 27 heavy (non-hydrogen) atoms. The average molecular weight is 408 g/mol. The number of ketones is 1. The van der Waals surface area contributed by atoms with E-state index in [0.29, 0.717) is 23.7 Å². The molecule has 1 aromatic heterocycles. The normalized spacial score (nSPS) is 15.8. The third-order valence-electron chi connectivity index (χ3n) is 3.96. The first-order valence-corrected chi connectivity index (χ1v) is 9.89. The number of amides is 1. The lowest BCUT2D eigenvalue weighted by Crippen LogP contribution is -2.38. The van der Waals surface area contributed by atoms with Crippen LogP contribution in [0.5, 0.6) is 5.75 Å².